The molecule has 0 radical (unpaired) electrons. The molecule has 96 valence electrons. The first-order valence-corrected chi connectivity index (χ1v) is 5.99. The van der Waals surface area contributed by atoms with Gasteiger partial charge in [0.05, 0.1) is 0 Å². The largest absolute Gasteiger partial charge is 0.465 e. The smallest absolute Gasteiger partial charge is 0.405 e. The van der Waals surface area contributed by atoms with Crippen LogP contribution in [0.5, 0.6) is 0 Å². The zero-order chi connectivity index (χ0) is 13.0. The van der Waals surface area contributed by atoms with Crippen molar-refractivity contribution in [2.45, 2.75) is 24.8 Å². The Balaban J connectivity index is 2.03. The summed E-state index contributed by atoms with van der Waals surface area (Å²) in [6, 6.07) is 9.30. The Labute approximate surface area is 105 Å². The minimum Gasteiger partial charge on any atom is -0.465 e. The topological polar surface area (TPSA) is 78.4 Å². The van der Waals surface area contributed by atoms with Crippen LogP contribution in [0.25, 0.3) is 0 Å². The summed E-state index contributed by atoms with van der Waals surface area (Å²) in [4.78, 5) is 22.3. The van der Waals surface area contributed by atoms with Crippen LogP contribution in [0.15, 0.2) is 30.3 Å². The van der Waals surface area contributed by atoms with Crippen molar-refractivity contribution < 1.29 is 14.7 Å². The third-order valence-electron chi connectivity index (χ3n) is 3.21. The van der Waals surface area contributed by atoms with Crippen LogP contribution in [0.2, 0.25) is 0 Å². The lowest BCUT2D eigenvalue weighted by molar-refractivity contribution is -0.122. The van der Waals surface area contributed by atoms with Gasteiger partial charge in [-0.2, -0.15) is 0 Å². The van der Waals surface area contributed by atoms with Gasteiger partial charge in [0.25, 0.3) is 0 Å². The van der Waals surface area contributed by atoms with Gasteiger partial charge in [0.1, 0.15) is 6.04 Å². The van der Waals surface area contributed by atoms with Gasteiger partial charge < -0.3 is 15.7 Å². The average molecular weight is 248 g/mol. The number of carbonyl (C=O) groups is 2. The van der Waals surface area contributed by atoms with Crippen molar-refractivity contribution in [3.05, 3.63) is 35.9 Å². The first-order chi connectivity index (χ1) is 8.66. The number of benzene rings is 1. The molecular formula is C13H16N2O3. The highest BCUT2D eigenvalue weighted by Crippen LogP contribution is 2.23. The molecule has 0 saturated carbocycles. The van der Waals surface area contributed by atoms with Gasteiger partial charge in [-0.3, -0.25) is 4.79 Å². The Morgan fingerprint density at radius 1 is 1.28 bits per heavy atom. The molecule has 0 spiro atoms. The van der Waals surface area contributed by atoms with Gasteiger partial charge in [-0.05, 0) is 18.4 Å². The number of nitrogens with one attached hydrogen (secondary N) is 2. The Morgan fingerprint density at radius 3 is 2.67 bits per heavy atom. The minimum absolute atomic E-state index is 0.240. The third-order valence-corrected chi connectivity index (χ3v) is 3.21. The van der Waals surface area contributed by atoms with Crippen LogP contribution in [0, 0.1) is 0 Å². The number of carboxylic acid groups (broad SMARTS) is 1. The highest BCUT2D eigenvalue weighted by Gasteiger charge is 2.26. The number of hydrogen-bond donors (Lipinski definition) is 3. The fourth-order valence-corrected chi connectivity index (χ4v) is 2.24. The standard InChI is InChI=1S/C13H16N2O3/c16-12-11(15-13(17)18)7-6-10(8-14-12)9-4-2-1-3-5-9/h1-5,10-11,15H,6-8H2,(H,14,16)(H,17,18). The molecule has 1 fully saturated rings. The molecule has 2 atom stereocenters. The molecule has 1 heterocycles. The normalized spacial score (nSPS) is 23.9. The Morgan fingerprint density at radius 2 is 2.00 bits per heavy atom. The van der Waals surface area contributed by atoms with Gasteiger partial charge in [-0.25, -0.2) is 4.79 Å². The quantitative estimate of drug-likeness (QED) is 0.738. The summed E-state index contributed by atoms with van der Waals surface area (Å²) in [7, 11) is 0. The van der Waals surface area contributed by atoms with Gasteiger partial charge in [0, 0.05) is 12.5 Å². The Kier molecular flexibility index (Phi) is 3.82. The molecule has 1 saturated heterocycles. The van der Waals surface area contributed by atoms with Crippen LogP contribution < -0.4 is 10.6 Å². The average Bonchev–Trinajstić information content (AvgIpc) is 2.54. The summed E-state index contributed by atoms with van der Waals surface area (Å²) in [5.74, 6) is 0.00609. The second-order valence-electron chi connectivity index (χ2n) is 4.43. The summed E-state index contributed by atoms with van der Waals surface area (Å²) in [6.07, 6.45) is 0.152. The van der Waals surface area contributed by atoms with Gasteiger partial charge in [-0.1, -0.05) is 30.3 Å². The van der Waals surface area contributed by atoms with Crippen LogP contribution in [-0.4, -0.2) is 29.7 Å². The highest BCUT2D eigenvalue weighted by molar-refractivity contribution is 5.85. The second-order valence-corrected chi connectivity index (χ2v) is 4.43. The SMILES string of the molecule is O=C(O)NC1CCC(c2ccccc2)CNC1=O. The van der Waals surface area contributed by atoms with Crippen molar-refractivity contribution in [2.75, 3.05) is 6.54 Å². The fourth-order valence-electron chi connectivity index (χ4n) is 2.24. The van der Waals surface area contributed by atoms with Crippen molar-refractivity contribution in [2.24, 2.45) is 0 Å². The van der Waals surface area contributed by atoms with E-state index in [4.69, 9.17) is 5.11 Å². The van der Waals surface area contributed by atoms with Crippen LogP contribution >= 0.6 is 0 Å². The van der Waals surface area contributed by atoms with E-state index < -0.39 is 12.1 Å². The van der Waals surface area contributed by atoms with Gasteiger partial charge in [-0.15, -0.1) is 0 Å². The molecule has 3 N–H and O–H groups in total. The summed E-state index contributed by atoms with van der Waals surface area (Å²) in [5, 5.41) is 13.7. The molecule has 2 unspecified atom stereocenters. The van der Waals surface area contributed by atoms with E-state index >= 15 is 0 Å². The van der Waals surface area contributed by atoms with Crippen molar-refractivity contribution in [3.8, 4) is 0 Å². The van der Waals surface area contributed by atoms with E-state index in [0.717, 1.165) is 6.42 Å². The lowest BCUT2D eigenvalue weighted by Gasteiger charge is -2.13. The fraction of sp³-hybridized carbons (Fsp3) is 0.385. The van der Waals surface area contributed by atoms with E-state index in [1.165, 1.54) is 5.56 Å². The van der Waals surface area contributed by atoms with E-state index in [1.807, 2.05) is 30.3 Å². The predicted octanol–water partition coefficient (Wildman–Crippen LogP) is 1.32. The zero-order valence-corrected chi connectivity index (χ0v) is 9.93. The molecule has 1 aliphatic rings. The van der Waals surface area contributed by atoms with E-state index in [-0.39, 0.29) is 11.8 Å². The van der Waals surface area contributed by atoms with Gasteiger partial charge >= 0.3 is 6.09 Å². The number of amides is 2. The molecule has 0 aromatic heterocycles. The molecule has 1 aromatic carbocycles. The number of rotatable bonds is 2. The maximum absolute atomic E-state index is 11.7. The lowest BCUT2D eigenvalue weighted by atomic mass is 9.94. The molecule has 1 aliphatic heterocycles. The summed E-state index contributed by atoms with van der Waals surface area (Å²) >= 11 is 0. The van der Waals surface area contributed by atoms with Gasteiger partial charge in [0.15, 0.2) is 0 Å². The third kappa shape index (κ3) is 3.00. The molecule has 0 bridgehead atoms. The maximum atomic E-state index is 11.7. The van der Waals surface area contributed by atoms with Crippen LogP contribution in [0.3, 0.4) is 0 Å². The molecule has 5 heteroatoms. The Hall–Kier alpha value is -2.04. The van der Waals surface area contributed by atoms with E-state index in [0.29, 0.717) is 13.0 Å². The van der Waals surface area contributed by atoms with Crippen LogP contribution in [0.4, 0.5) is 4.79 Å². The van der Waals surface area contributed by atoms with Crippen molar-refractivity contribution >= 4 is 12.0 Å². The highest BCUT2D eigenvalue weighted by atomic mass is 16.4. The number of hydrogen-bond acceptors (Lipinski definition) is 2. The molecular weight excluding hydrogens is 232 g/mol. The van der Waals surface area contributed by atoms with Gasteiger partial charge in [0.2, 0.25) is 5.91 Å². The molecule has 2 rings (SSSR count). The molecule has 2 amide bonds. The summed E-state index contributed by atoms with van der Waals surface area (Å²) in [6.45, 7) is 0.556. The molecule has 0 aliphatic carbocycles. The monoisotopic (exact) mass is 248 g/mol. The molecule has 5 nitrogen and oxygen atoms in total. The number of carbonyl (C=O) groups excluding carboxylic acids is 1. The van der Waals surface area contributed by atoms with E-state index in [2.05, 4.69) is 10.6 Å². The zero-order valence-electron chi connectivity index (χ0n) is 9.93. The lowest BCUT2D eigenvalue weighted by Crippen LogP contribution is -2.45. The molecule has 18 heavy (non-hydrogen) atoms. The Bertz CT molecular complexity index is 433. The first kappa shape index (κ1) is 12.4. The van der Waals surface area contributed by atoms with Crippen molar-refractivity contribution in [3.63, 3.8) is 0 Å². The maximum Gasteiger partial charge on any atom is 0.405 e. The summed E-state index contributed by atoms with van der Waals surface area (Å²) < 4.78 is 0. The predicted molar refractivity (Wildman–Crippen MR) is 66.4 cm³/mol. The van der Waals surface area contributed by atoms with Crippen molar-refractivity contribution in [1.82, 2.24) is 10.6 Å². The molecule has 1 aromatic rings. The second kappa shape index (κ2) is 5.53. The van der Waals surface area contributed by atoms with Crippen LogP contribution in [0.1, 0.15) is 24.3 Å². The van der Waals surface area contributed by atoms with E-state index in [1.54, 1.807) is 0 Å². The van der Waals surface area contributed by atoms with Crippen LogP contribution in [-0.2, 0) is 4.79 Å². The first-order valence-electron chi connectivity index (χ1n) is 5.99. The summed E-state index contributed by atoms with van der Waals surface area (Å²) in [5.41, 5.74) is 1.17. The van der Waals surface area contributed by atoms with E-state index in [9.17, 15) is 9.59 Å². The van der Waals surface area contributed by atoms with Crippen molar-refractivity contribution in [1.29, 1.82) is 0 Å². The minimum atomic E-state index is -1.16.